The topological polar surface area (TPSA) is 49.0 Å². The number of benzene rings is 1. The van der Waals surface area contributed by atoms with Crippen molar-refractivity contribution in [2.24, 2.45) is 0 Å². The van der Waals surface area contributed by atoms with E-state index in [4.69, 9.17) is 18.9 Å². The van der Waals surface area contributed by atoms with Crippen molar-refractivity contribution in [3.63, 3.8) is 0 Å². The van der Waals surface area contributed by atoms with Gasteiger partial charge in [0.25, 0.3) is 0 Å². The molecule has 0 aromatic heterocycles. The second kappa shape index (κ2) is 5.14. The van der Waals surface area contributed by atoms with Crippen LogP contribution >= 0.6 is 0 Å². The highest BCUT2D eigenvalue weighted by molar-refractivity contribution is 5.52. The van der Waals surface area contributed by atoms with Crippen molar-refractivity contribution in [1.29, 1.82) is 0 Å². The van der Waals surface area contributed by atoms with E-state index in [1.54, 1.807) is 7.11 Å². The van der Waals surface area contributed by atoms with Crippen LogP contribution in [0.15, 0.2) is 12.1 Å². The van der Waals surface area contributed by atoms with Gasteiger partial charge in [0.1, 0.15) is 0 Å². The van der Waals surface area contributed by atoms with E-state index in [0.717, 1.165) is 42.3 Å². The van der Waals surface area contributed by atoms with Crippen LogP contribution < -0.4 is 14.8 Å². The Balaban J connectivity index is 1.97. The zero-order chi connectivity index (χ0) is 12.4. The molecule has 0 saturated carbocycles. The summed E-state index contributed by atoms with van der Waals surface area (Å²) in [5, 5.41) is 3.33. The molecular weight excluding hydrogens is 234 g/mol. The van der Waals surface area contributed by atoms with E-state index in [1.807, 2.05) is 12.1 Å². The summed E-state index contributed by atoms with van der Waals surface area (Å²) in [4.78, 5) is 0. The predicted octanol–water partition coefficient (Wildman–Crippen LogP) is 1.22. The Morgan fingerprint density at radius 1 is 1.39 bits per heavy atom. The molecule has 3 rings (SSSR count). The zero-order valence-electron chi connectivity index (χ0n) is 10.4. The molecule has 98 valence electrons. The molecule has 0 aliphatic carbocycles. The minimum absolute atomic E-state index is 0.0541. The van der Waals surface area contributed by atoms with Gasteiger partial charge in [-0.2, -0.15) is 0 Å². The van der Waals surface area contributed by atoms with Crippen molar-refractivity contribution in [3.05, 3.63) is 23.3 Å². The number of ether oxygens (including phenoxy) is 4. The van der Waals surface area contributed by atoms with Crippen molar-refractivity contribution in [1.82, 2.24) is 5.32 Å². The summed E-state index contributed by atoms with van der Waals surface area (Å²) < 4.78 is 22.0. The standard InChI is InChI=1S/C13H17NO4/c1-15-7-10-9(12-6-14-4-5-16-12)2-3-11-13(10)18-8-17-11/h2-3,12,14H,4-8H2,1H3. The molecule has 5 heteroatoms. The van der Waals surface area contributed by atoms with Gasteiger partial charge in [0.15, 0.2) is 11.5 Å². The number of fused-ring (bicyclic) bond motifs is 1. The van der Waals surface area contributed by atoms with Crippen molar-refractivity contribution < 1.29 is 18.9 Å². The third-order valence-corrected chi connectivity index (χ3v) is 3.24. The second-order valence-electron chi connectivity index (χ2n) is 4.36. The van der Waals surface area contributed by atoms with E-state index >= 15 is 0 Å². The summed E-state index contributed by atoms with van der Waals surface area (Å²) in [6, 6.07) is 3.98. The first-order chi connectivity index (χ1) is 8.90. The minimum Gasteiger partial charge on any atom is -0.454 e. The molecule has 2 heterocycles. The van der Waals surface area contributed by atoms with Gasteiger partial charge < -0.3 is 24.3 Å². The smallest absolute Gasteiger partial charge is 0.231 e. The fourth-order valence-corrected chi connectivity index (χ4v) is 2.41. The van der Waals surface area contributed by atoms with Gasteiger partial charge in [0, 0.05) is 25.8 Å². The van der Waals surface area contributed by atoms with Gasteiger partial charge >= 0.3 is 0 Å². The quantitative estimate of drug-likeness (QED) is 0.875. The number of nitrogens with one attached hydrogen (secondary N) is 1. The van der Waals surface area contributed by atoms with E-state index < -0.39 is 0 Å². The molecular formula is C13H17NO4. The molecule has 2 aliphatic heterocycles. The van der Waals surface area contributed by atoms with E-state index in [9.17, 15) is 0 Å². The SMILES string of the molecule is COCc1c(C2CNCCO2)ccc2c1OCO2. The van der Waals surface area contributed by atoms with E-state index in [0.29, 0.717) is 6.61 Å². The van der Waals surface area contributed by atoms with E-state index in [1.165, 1.54) is 0 Å². The molecule has 1 atom stereocenters. The first kappa shape index (κ1) is 11.8. The maximum Gasteiger partial charge on any atom is 0.231 e. The zero-order valence-corrected chi connectivity index (χ0v) is 10.4. The average molecular weight is 251 g/mol. The lowest BCUT2D eigenvalue weighted by molar-refractivity contribution is 0.0259. The van der Waals surface area contributed by atoms with Crippen LogP contribution in [0.3, 0.4) is 0 Å². The van der Waals surface area contributed by atoms with Crippen LogP contribution in [-0.4, -0.2) is 33.6 Å². The van der Waals surface area contributed by atoms with Gasteiger partial charge in [-0.25, -0.2) is 0 Å². The van der Waals surface area contributed by atoms with Gasteiger partial charge in [-0.05, 0) is 11.6 Å². The van der Waals surface area contributed by atoms with Crippen LogP contribution in [0.4, 0.5) is 0 Å². The number of rotatable bonds is 3. The van der Waals surface area contributed by atoms with Gasteiger partial charge in [0.05, 0.1) is 19.3 Å². The van der Waals surface area contributed by atoms with Gasteiger partial charge in [-0.15, -0.1) is 0 Å². The Kier molecular flexibility index (Phi) is 3.36. The molecule has 18 heavy (non-hydrogen) atoms. The van der Waals surface area contributed by atoms with Gasteiger partial charge in [-0.3, -0.25) is 0 Å². The van der Waals surface area contributed by atoms with Crippen molar-refractivity contribution in [2.75, 3.05) is 33.6 Å². The van der Waals surface area contributed by atoms with Crippen molar-refractivity contribution in [2.45, 2.75) is 12.7 Å². The summed E-state index contributed by atoms with van der Waals surface area (Å²) in [5.74, 6) is 1.58. The Bertz CT molecular complexity index is 429. The third-order valence-electron chi connectivity index (χ3n) is 3.24. The first-order valence-corrected chi connectivity index (χ1v) is 6.13. The normalized spacial score (nSPS) is 22.2. The first-order valence-electron chi connectivity index (χ1n) is 6.13. The molecule has 0 radical (unpaired) electrons. The summed E-state index contributed by atoms with van der Waals surface area (Å²) in [6.45, 7) is 3.23. The highest BCUT2D eigenvalue weighted by Gasteiger charge is 2.26. The average Bonchev–Trinajstić information content (AvgIpc) is 2.89. The monoisotopic (exact) mass is 251 g/mol. The second-order valence-corrected chi connectivity index (χ2v) is 4.36. The number of methoxy groups -OCH3 is 1. The highest BCUT2D eigenvalue weighted by Crippen LogP contribution is 2.40. The molecule has 1 aromatic rings. The van der Waals surface area contributed by atoms with Crippen LogP contribution in [0.25, 0.3) is 0 Å². The number of hydrogen-bond donors (Lipinski definition) is 1. The molecule has 1 N–H and O–H groups in total. The molecule has 0 spiro atoms. The summed E-state index contributed by atoms with van der Waals surface area (Å²) in [6.07, 6.45) is 0.0541. The molecule has 2 aliphatic rings. The van der Waals surface area contributed by atoms with E-state index in [-0.39, 0.29) is 12.9 Å². The summed E-state index contributed by atoms with van der Waals surface area (Å²) in [7, 11) is 1.68. The van der Waals surface area contributed by atoms with Gasteiger partial charge in [-0.1, -0.05) is 6.07 Å². The van der Waals surface area contributed by atoms with Gasteiger partial charge in [0.2, 0.25) is 6.79 Å². The molecule has 1 unspecified atom stereocenters. The maximum absolute atomic E-state index is 5.80. The van der Waals surface area contributed by atoms with Crippen molar-refractivity contribution >= 4 is 0 Å². The Labute approximate surface area is 106 Å². The van der Waals surface area contributed by atoms with Crippen molar-refractivity contribution in [3.8, 4) is 11.5 Å². The van der Waals surface area contributed by atoms with Crippen LogP contribution in [-0.2, 0) is 16.1 Å². The van der Waals surface area contributed by atoms with E-state index in [2.05, 4.69) is 5.32 Å². The molecule has 0 bridgehead atoms. The van der Waals surface area contributed by atoms with Crippen LogP contribution in [0.1, 0.15) is 17.2 Å². The Hall–Kier alpha value is -1.30. The molecule has 0 amide bonds. The molecule has 1 saturated heterocycles. The van der Waals surface area contributed by atoms with Crippen LogP contribution in [0.5, 0.6) is 11.5 Å². The largest absolute Gasteiger partial charge is 0.454 e. The number of morpholine rings is 1. The lowest BCUT2D eigenvalue weighted by atomic mass is 10.0. The number of hydrogen-bond acceptors (Lipinski definition) is 5. The molecule has 1 fully saturated rings. The lowest BCUT2D eigenvalue weighted by Gasteiger charge is -2.26. The fraction of sp³-hybridized carbons (Fsp3) is 0.538. The molecule has 5 nitrogen and oxygen atoms in total. The Morgan fingerprint density at radius 3 is 3.11 bits per heavy atom. The predicted molar refractivity (Wildman–Crippen MR) is 64.8 cm³/mol. The lowest BCUT2D eigenvalue weighted by Crippen LogP contribution is -2.33. The highest BCUT2D eigenvalue weighted by atomic mass is 16.7. The Morgan fingerprint density at radius 2 is 2.33 bits per heavy atom. The summed E-state index contributed by atoms with van der Waals surface area (Å²) in [5.41, 5.74) is 2.15. The fourth-order valence-electron chi connectivity index (χ4n) is 2.41. The molecule has 1 aromatic carbocycles. The van der Waals surface area contributed by atoms with Crippen LogP contribution in [0, 0.1) is 0 Å². The third kappa shape index (κ3) is 2.05. The maximum atomic E-state index is 5.80. The minimum atomic E-state index is 0.0541. The van der Waals surface area contributed by atoms with Crippen LogP contribution in [0.2, 0.25) is 0 Å². The summed E-state index contributed by atoms with van der Waals surface area (Å²) >= 11 is 0.